The first-order valence-electron chi connectivity index (χ1n) is 5.65. The predicted molar refractivity (Wildman–Crippen MR) is 62.9 cm³/mol. The van der Waals surface area contributed by atoms with Crippen LogP contribution in [0.5, 0.6) is 5.75 Å². The molecule has 1 aromatic carbocycles. The van der Waals surface area contributed by atoms with Gasteiger partial charge in [0.2, 0.25) is 5.69 Å². The zero-order valence-electron chi connectivity index (χ0n) is 9.80. The second kappa shape index (κ2) is 5.67. The van der Waals surface area contributed by atoms with Crippen LogP contribution in [0.2, 0.25) is 0 Å². The zero-order valence-corrected chi connectivity index (χ0v) is 9.80. The Morgan fingerprint density at radius 1 is 1.39 bits per heavy atom. The molecule has 0 saturated carbocycles. The van der Waals surface area contributed by atoms with Crippen LogP contribution in [0.4, 0.5) is 16.2 Å². The van der Waals surface area contributed by atoms with E-state index >= 15 is 0 Å². The number of nitrogens with zero attached hydrogens (tertiary/aromatic N) is 1. The number of morpholine rings is 1. The minimum atomic E-state index is -0.215. The number of nitrogens with one attached hydrogen (secondary N) is 1. The zero-order chi connectivity index (χ0) is 13.0. The predicted octanol–water partition coefficient (Wildman–Crippen LogP) is -0.160. The van der Waals surface area contributed by atoms with Gasteiger partial charge in [-0.25, -0.2) is 10.0 Å². The number of hydrogen-bond donors (Lipinski definition) is 4. The Morgan fingerprint density at radius 3 is 2.78 bits per heavy atom. The van der Waals surface area contributed by atoms with Crippen molar-refractivity contribution in [2.45, 2.75) is 0 Å². The fraction of sp³-hybridized carbons (Fsp3) is 0.364. The van der Waals surface area contributed by atoms with Gasteiger partial charge in [0.05, 0.1) is 13.2 Å². The minimum absolute atomic E-state index is 0.0399. The number of rotatable bonds is 2. The number of hydrogen-bond acceptors (Lipinski definition) is 4. The van der Waals surface area contributed by atoms with Crippen LogP contribution in [0.15, 0.2) is 18.2 Å². The molecule has 0 atom stereocenters. The van der Waals surface area contributed by atoms with Crippen LogP contribution < -0.4 is 10.8 Å². The van der Waals surface area contributed by atoms with Crippen LogP contribution >= 0.6 is 0 Å². The average molecular weight is 254 g/mol. The maximum atomic E-state index is 11.9. The van der Waals surface area contributed by atoms with Crippen LogP contribution in [-0.2, 0) is 4.74 Å². The lowest BCUT2D eigenvalue weighted by Gasteiger charge is -2.26. The van der Waals surface area contributed by atoms with Crippen molar-refractivity contribution in [3.05, 3.63) is 18.2 Å². The molecule has 0 unspecified atom stereocenters. The third-order valence-corrected chi connectivity index (χ3v) is 2.72. The van der Waals surface area contributed by atoms with Gasteiger partial charge in [-0.2, -0.15) is 5.48 Å². The van der Waals surface area contributed by atoms with E-state index in [0.29, 0.717) is 32.0 Å². The fourth-order valence-corrected chi connectivity index (χ4v) is 1.70. The van der Waals surface area contributed by atoms with E-state index in [1.165, 1.54) is 12.1 Å². The van der Waals surface area contributed by atoms with Crippen LogP contribution in [-0.4, -0.2) is 47.5 Å². The van der Waals surface area contributed by atoms with E-state index in [0.717, 1.165) is 5.48 Å². The van der Waals surface area contributed by atoms with Gasteiger partial charge in [0, 0.05) is 24.8 Å². The molecule has 0 bridgehead atoms. The van der Waals surface area contributed by atoms with Crippen LogP contribution in [0.3, 0.4) is 0 Å². The van der Waals surface area contributed by atoms with Crippen molar-refractivity contribution in [3.63, 3.8) is 0 Å². The molecule has 1 saturated heterocycles. The lowest BCUT2D eigenvalue weighted by Crippen LogP contribution is -2.73. The van der Waals surface area contributed by atoms with Crippen LogP contribution in [0.25, 0.3) is 0 Å². The first-order valence-corrected chi connectivity index (χ1v) is 5.65. The van der Waals surface area contributed by atoms with Crippen molar-refractivity contribution in [2.75, 3.05) is 31.6 Å². The molecular weight excluding hydrogens is 238 g/mol. The lowest BCUT2D eigenvalue weighted by molar-refractivity contribution is -0.825. The van der Waals surface area contributed by atoms with Gasteiger partial charge >= 0.3 is 6.03 Å². The molecule has 0 radical (unpaired) electrons. The Bertz CT molecular complexity index is 432. The first-order chi connectivity index (χ1) is 8.70. The number of quaternary nitrogens is 1. The van der Waals surface area contributed by atoms with Gasteiger partial charge in [0.15, 0.2) is 5.75 Å². The number of carbonyl (C=O) groups is 1. The Morgan fingerprint density at radius 2 is 2.11 bits per heavy atom. The second-order valence-electron chi connectivity index (χ2n) is 3.93. The summed E-state index contributed by atoms with van der Waals surface area (Å²) in [6, 6.07) is 4.26. The average Bonchev–Trinajstić information content (AvgIpc) is 2.42. The number of phenolic OH excluding ortho intramolecular Hbond substituents is 1. The highest BCUT2D eigenvalue weighted by Gasteiger charge is 2.17. The third kappa shape index (κ3) is 2.89. The molecule has 18 heavy (non-hydrogen) atoms. The van der Waals surface area contributed by atoms with Crippen molar-refractivity contribution in [1.82, 2.24) is 4.90 Å². The Labute approximate surface area is 104 Å². The van der Waals surface area contributed by atoms with Gasteiger partial charge in [-0.3, -0.25) is 0 Å². The summed E-state index contributed by atoms with van der Waals surface area (Å²) in [6.45, 7) is 2.20. The van der Waals surface area contributed by atoms with Gasteiger partial charge in [0.1, 0.15) is 0 Å². The van der Waals surface area contributed by atoms with Crippen molar-refractivity contribution in [1.29, 1.82) is 0 Å². The molecule has 7 nitrogen and oxygen atoms in total. The van der Waals surface area contributed by atoms with Crippen molar-refractivity contribution < 1.29 is 25.3 Å². The molecule has 98 valence electrons. The summed E-state index contributed by atoms with van der Waals surface area (Å²) in [4.78, 5) is 13.5. The number of nitrogens with two attached hydrogens (primary N) is 1. The fourth-order valence-electron chi connectivity index (χ4n) is 1.70. The van der Waals surface area contributed by atoms with E-state index in [-0.39, 0.29) is 17.5 Å². The Balaban J connectivity index is 2.02. The molecular formula is C11H16N3O4+. The first kappa shape index (κ1) is 12.6. The molecule has 1 aromatic rings. The number of benzene rings is 1. The lowest BCUT2D eigenvalue weighted by atomic mass is 10.2. The number of anilines is 1. The molecule has 1 aliphatic rings. The minimum Gasteiger partial charge on any atom is -0.503 e. The maximum Gasteiger partial charge on any atom is 0.322 e. The quantitative estimate of drug-likeness (QED) is 0.255. The number of ether oxygens (including phenoxy) is 1. The molecule has 2 amide bonds. The van der Waals surface area contributed by atoms with Crippen LogP contribution in [0, 0.1) is 0 Å². The summed E-state index contributed by atoms with van der Waals surface area (Å²) in [5.74, 6) is -0.0399. The molecule has 1 aliphatic heterocycles. The summed E-state index contributed by atoms with van der Waals surface area (Å²) < 4.78 is 5.16. The standard InChI is InChI=1S/C11H15N3O4/c15-10-2-1-8(7-9(10)13-17)12-11(16)14-3-5-18-6-4-14/h1-2,7,13,15,17H,3-6H2,(H,12,16)/p+1. The molecule has 5 N–H and O–H groups in total. The van der Waals surface area contributed by atoms with Crippen molar-refractivity contribution in [3.8, 4) is 5.75 Å². The molecule has 1 fully saturated rings. The second-order valence-corrected chi connectivity index (χ2v) is 3.93. The molecule has 0 aromatic heterocycles. The Hall–Kier alpha value is -1.83. The monoisotopic (exact) mass is 254 g/mol. The normalized spacial score (nSPS) is 15.5. The van der Waals surface area contributed by atoms with Crippen molar-refractivity contribution in [2.24, 2.45) is 0 Å². The summed E-state index contributed by atoms with van der Waals surface area (Å²) >= 11 is 0. The van der Waals surface area contributed by atoms with Crippen LogP contribution in [0.1, 0.15) is 0 Å². The Kier molecular flexibility index (Phi) is 3.98. The van der Waals surface area contributed by atoms with Gasteiger partial charge in [-0.15, -0.1) is 0 Å². The maximum absolute atomic E-state index is 11.9. The third-order valence-electron chi connectivity index (χ3n) is 2.72. The highest BCUT2D eigenvalue weighted by atomic mass is 16.5. The SMILES string of the molecule is O=C(Nc1ccc(O)c([NH2+]O)c1)N1CCOCC1. The van der Waals surface area contributed by atoms with E-state index < -0.39 is 0 Å². The van der Waals surface area contributed by atoms with Crippen molar-refractivity contribution >= 4 is 17.4 Å². The summed E-state index contributed by atoms with van der Waals surface area (Å²) in [5, 5.41) is 21.0. The smallest absolute Gasteiger partial charge is 0.322 e. The number of carbonyl (C=O) groups excluding carboxylic acids is 1. The number of amides is 2. The number of phenols is 1. The van der Waals surface area contributed by atoms with Gasteiger partial charge < -0.3 is 20.1 Å². The number of urea groups is 1. The van der Waals surface area contributed by atoms with Gasteiger partial charge in [-0.05, 0) is 12.1 Å². The topological polar surface area (TPSA) is 98.6 Å². The highest BCUT2D eigenvalue weighted by Crippen LogP contribution is 2.22. The van der Waals surface area contributed by atoms with Gasteiger partial charge in [-0.1, -0.05) is 0 Å². The number of aromatic hydroxyl groups is 1. The summed E-state index contributed by atoms with van der Waals surface area (Å²) in [5.41, 5.74) is 1.57. The van der Waals surface area contributed by atoms with E-state index in [4.69, 9.17) is 9.94 Å². The molecule has 0 aliphatic carbocycles. The molecule has 1 heterocycles. The largest absolute Gasteiger partial charge is 0.503 e. The van der Waals surface area contributed by atoms with E-state index in [9.17, 15) is 9.90 Å². The summed E-state index contributed by atoms with van der Waals surface area (Å²) in [7, 11) is 0. The summed E-state index contributed by atoms with van der Waals surface area (Å²) in [6.07, 6.45) is 0. The van der Waals surface area contributed by atoms with E-state index in [1.807, 2.05) is 0 Å². The molecule has 0 spiro atoms. The van der Waals surface area contributed by atoms with Gasteiger partial charge in [0.25, 0.3) is 0 Å². The highest BCUT2D eigenvalue weighted by molar-refractivity contribution is 5.90. The molecule has 2 rings (SSSR count). The van der Waals surface area contributed by atoms with E-state index in [2.05, 4.69) is 5.32 Å². The van der Waals surface area contributed by atoms with E-state index in [1.54, 1.807) is 11.0 Å². The molecule has 7 heteroatoms.